The van der Waals surface area contributed by atoms with Crippen molar-refractivity contribution >= 4 is 5.69 Å². The summed E-state index contributed by atoms with van der Waals surface area (Å²) in [6.45, 7) is 0.386. The molecule has 84 valence electrons. The van der Waals surface area contributed by atoms with Crippen molar-refractivity contribution < 1.29 is 4.39 Å². The topological polar surface area (TPSA) is 61.6 Å². The molecule has 1 heterocycles. The number of benzene rings is 1. The summed E-state index contributed by atoms with van der Waals surface area (Å²) in [6, 6.07) is 9.72. The zero-order valence-corrected chi connectivity index (χ0v) is 8.89. The predicted molar refractivity (Wildman–Crippen MR) is 60.5 cm³/mol. The summed E-state index contributed by atoms with van der Waals surface area (Å²) >= 11 is 0. The molecule has 0 unspecified atom stereocenters. The van der Waals surface area contributed by atoms with Crippen LogP contribution < -0.4 is 5.32 Å². The third-order valence-corrected chi connectivity index (χ3v) is 2.19. The second kappa shape index (κ2) is 5.03. The van der Waals surface area contributed by atoms with E-state index in [1.165, 1.54) is 12.1 Å². The van der Waals surface area contributed by atoms with Gasteiger partial charge in [0.25, 0.3) is 0 Å². The SMILES string of the molecule is N#Cc1ccc(NCc2cccnn2)c(F)c1. The fraction of sp³-hybridized carbons (Fsp3) is 0.0833. The molecule has 1 N–H and O–H groups in total. The van der Waals surface area contributed by atoms with Crippen LogP contribution in [0.4, 0.5) is 10.1 Å². The van der Waals surface area contributed by atoms with Gasteiger partial charge in [0, 0.05) is 6.20 Å². The Bertz CT molecular complexity index is 548. The molecule has 0 radical (unpaired) electrons. The zero-order chi connectivity index (χ0) is 12.1. The third-order valence-electron chi connectivity index (χ3n) is 2.19. The minimum atomic E-state index is -0.451. The van der Waals surface area contributed by atoms with Gasteiger partial charge in [-0.05, 0) is 30.3 Å². The molecule has 0 saturated heterocycles. The van der Waals surface area contributed by atoms with Crippen molar-refractivity contribution in [3.05, 3.63) is 53.6 Å². The Morgan fingerprint density at radius 2 is 2.24 bits per heavy atom. The van der Waals surface area contributed by atoms with Crippen LogP contribution in [0, 0.1) is 17.1 Å². The molecule has 2 aromatic rings. The van der Waals surface area contributed by atoms with E-state index in [0.29, 0.717) is 17.8 Å². The highest BCUT2D eigenvalue weighted by Crippen LogP contribution is 2.15. The molecule has 5 heteroatoms. The van der Waals surface area contributed by atoms with Gasteiger partial charge in [-0.3, -0.25) is 0 Å². The standard InChI is InChI=1S/C12H9FN4/c13-11-6-9(7-14)3-4-12(11)15-8-10-2-1-5-16-17-10/h1-6,15H,8H2. The van der Waals surface area contributed by atoms with Gasteiger partial charge in [-0.25, -0.2) is 4.39 Å². The lowest BCUT2D eigenvalue weighted by Crippen LogP contribution is -2.03. The number of nitrogens with one attached hydrogen (secondary N) is 1. The van der Waals surface area contributed by atoms with E-state index in [4.69, 9.17) is 5.26 Å². The van der Waals surface area contributed by atoms with E-state index in [2.05, 4.69) is 15.5 Å². The third kappa shape index (κ3) is 2.75. The maximum atomic E-state index is 13.5. The van der Waals surface area contributed by atoms with Gasteiger partial charge in [0.2, 0.25) is 0 Å². The van der Waals surface area contributed by atoms with Crippen LogP contribution in [0.3, 0.4) is 0 Å². The Kier molecular flexibility index (Phi) is 3.26. The first kappa shape index (κ1) is 11.0. The van der Waals surface area contributed by atoms with Gasteiger partial charge in [-0.2, -0.15) is 15.5 Å². The fourth-order valence-electron chi connectivity index (χ4n) is 1.34. The lowest BCUT2D eigenvalue weighted by atomic mass is 10.2. The number of hydrogen-bond donors (Lipinski definition) is 1. The Morgan fingerprint density at radius 1 is 1.35 bits per heavy atom. The Balaban J connectivity index is 2.08. The first-order valence-corrected chi connectivity index (χ1v) is 4.99. The summed E-state index contributed by atoms with van der Waals surface area (Å²) in [7, 11) is 0. The highest BCUT2D eigenvalue weighted by Gasteiger charge is 2.03. The molecule has 1 aromatic carbocycles. The van der Waals surface area contributed by atoms with Crippen molar-refractivity contribution in [2.75, 3.05) is 5.32 Å². The molecule has 0 aliphatic rings. The number of hydrogen-bond acceptors (Lipinski definition) is 4. The molecule has 4 nitrogen and oxygen atoms in total. The normalized spacial score (nSPS) is 9.65. The van der Waals surface area contributed by atoms with E-state index in [-0.39, 0.29) is 0 Å². The van der Waals surface area contributed by atoms with Crippen LogP contribution in [0.25, 0.3) is 0 Å². The molecule has 0 atom stereocenters. The monoisotopic (exact) mass is 228 g/mol. The summed E-state index contributed by atoms with van der Waals surface area (Å²) in [5.74, 6) is -0.451. The van der Waals surface area contributed by atoms with Crippen molar-refractivity contribution in [1.29, 1.82) is 5.26 Å². The quantitative estimate of drug-likeness (QED) is 0.873. The molecule has 0 aliphatic carbocycles. The molecule has 1 aromatic heterocycles. The predicted octanol–water partition coefficient (Wildman–Crippen LogP) is 2.10. The molecular formula is C12H9FN4. The summed E-state index contributed by atoms with van der Waals surface area (Å²) in [6.07, 6.45) is 1.58. The van der Waals surface area contributed by atoms with Crippen LogP contribution in [0.15, 0.2) is 36.5 Å². The van der Waals surface area contributed by atoms with Gasteiger partial charge in [0.05, 0.1) is 29.6 Å². The van der Waals surface area contributed by atoms with Gasteiger partial charge in [0.15, 0.2) is 0 Å². The Hall–Kier alpha value is -2.48. The zero-order valence-electron chi connectivity index (χ0n) is 8.89. The average molecular weight is 228 g/mol. The fourth-order valence-corrected chi connectivity index (χ4v) is 1.34. The molecular weight excluding hydrogens is 219 g/mol. The number of rotatable bonds is 3. The van der Waals surface area contributed by atoms with Crippen LogP contribution in [-0.4, -0.2) is 10.2 Å². The van der Waals surface area contributed by atoms with E-state index in [1.807, 2.05) is 6.07 Å². The van der Waals surface area contributed by atoms with Crippen molar-refractivity contribution in [3.63, 3.8) is 0 Å². The molecule has 0 spiro atoms. The number of aromatic nitrogens is 2. The minimum absolute atomic E-state index is 0.299. The maximum Gasteiger partial charge on any atom is 0.147 e. The molecule has 0 fully saturated rings. The molecule has 0 aliphatic heterocycles. The first-order chi connectivity index (χ1) is 8.29. The summed E-state index contributed by atoms with van der Waals surface area (Å²) in [4.78, 5) is 0. The second-order valence-electron chi connectivity index (χ2n) is 3.37. The number of nitrogens with zero attached hydrogens (tertiary/aromatic N) is 3. The summed E-state index contributed by atoms with van der Waals surface area (Å²) in [5.41, 5.74) is 1.36. The van der Waals surface area contributed by atoms with E-state index in [0.717, 1.165) is 5.69 Å². The van der Waals surface area contributed by atoms with Crippen molar-refractivity contribution in [2.45, 2.75) is 6.54 Å². The smallest absolute Gasteiger partial charge is 0.147 e. The highest BCUT2D eigenvalue weighted by atomic mass is 19.1. The van der Waals surface area contributed by atoms with Crippen LogP contribution >= 0.6 is 0 Å². The largest absolute Gasteiger partial charge is 0.377 e. The van der Waals surface area contributed by atoms with Crippen molar-refractivity contribution in [1.82, 2.24) is 10.2 Å². The van der Waals surface area contributed by atoms with Gasteiger partial charge in [0.1, 0.15) is 5.82 Å². The first-order valence-electron chi connectivity index (χ1n) is 4.99. The van der Waals surface area contributed by atoms with Crippen LogP contribution in [0.1, 0.15) is 11.3 Å². The number of anilines is 1. The maximum absolute atomic E-state index is 13.5. The van der Waals surface area contributed by atoms with Gasteiger partial charge in [-0.1, -0.05) is 0 Å². The van der Waals surface area contributed by atoms with E-state index < -0.39 is 5.82 Å². The van der Waals surface area contributed by atoms with Crippen LogP contribution in [-0.2, 0) is 6.54 Å². The molecule has 17 heavy (non-hydrogen) atoms. The minimum Gasteiger partial charge on any atom is -0.377 e. The molecule has 0 bridgehead atoms. The Labute approximate surface area is 97.7 Å². The van der Waals surface area contributed by atoms with Gasteiger partial charge >= 0.3 is 0 Å². The van der Waals surface area contributed by atoms with E-state index in [9.17, 15) is 4.39 Å². The van der Waals surface area contributed by atoms with Crippen molar-refractivity contribution in [3.8, 4) is 6.07 Å². The second-order valence-corrected chi connectivity index (χ2v) is 3.37. The molecule has 0 saturated carbocycles. The van der Waals surface area contributed by atoms with Crippen LogP contribution in [0.5, 0.6) is 0 Å². The highest BCUT2D eigenvalue weighted by molar-refractivity contribution is 5.48. The lowest BCUT2D eigenvalue weighted by molar-refractivity contribution is 0.629. The molecule has 2 rings (SSSR count). The van der Waals surface area contributed by atoms with Crippen LogP contribution in [0.2, 0.25) is 0 Å². The number of nitriles is 1. The lowest BCUT2D eigenvalue weighted by Gasteiger charge is -2.06. The van der Waals surface area contributed by atoms with Crippen molar-refractivity contribution in [2.24, 2.45) is 0 Å². The average Bonchev–Trinajstić information content (AvgIpc) is 2.38. The van der Waals surface area contributed by atoms with E-state index >= 15 is 0 Å². The summed E-state index contributed by atoms with van der Waals surface area (Å²) < 4.78 is 13.5. The van der Waals surface area contributed by atoms with E-state index in [1.54, 1.807) is 24.4 Å². The molecule has 0 amide bonds. The Morgan fingerprint density at radius 3 is 2.88 bits per heavy atom. The number of halogens is 1. The summed E-state index contributed by atoms with van der Waals surface area (Å²) in [5, 5.41) is 19.1. The van der Waals surface area contributed by atoms with Gasteiger partial charge < -0.3 is 5.32 Å². The van der Waals surface area contributed by atoms with Gasteiger partial charge in [-0.15, -0.1) is 0 Å².